The Labute approximate surface area is 110 Å². The first-order chi connectivity index (χ1) is 8.20. The Morgan fingerprint density at radius 2 is 2.35 bits per heavy atom. The third-order valence-electron chi connectivity index (χ3n) is 2.68. The summed E-state index contributed by atoms with van der Waals surface area (Å²) in [6.07, 6.45) is 2.09. The van der Waals surface area contributed by atoms with Crippen molar-refractivity contribution in [2.75, 3.05) is 0 Å². The molecule has 1 saturated carbocycles. The molecule has 1 aromatic carbocycles. The number of nitrogens with one attached hydrogen (secondary N) is 1. The average Bonchev–Trinajstić information content (AvgIpc) is 3.13. The largest absolute Gasteiger partial charge is 0.474 e. The van der Waals surface area contributed by atoms with Crippen LogP contribution in [0.1, 0.15) is 25.3 Å². The Morgan fingerprint density at radius 3 is 3.00 bits per heavy atom. The van der Waals surface area contributed by atoms with Crippen LogP contribution in [0.15, 0.2) is 22.7 Å². The monoisotopic (exact) mass is 294 g/mol. The summed E-state index contributed by atoms with van der Waals surface area (Å²) < 4.78 is 6.53. The van der Waals surface area contributed by atoms with Gasteiger partial charge >= 0.3 is 0 Å². The van der Waals surface area contributed by atoms with Crippen LogP contribution in [-0.4, -0.2) is 12.1 Å². The second-order valence-corrected chi connectivity index (χ2v) is 5.13. The minimum absolute atomic E-state index is 0.437. The van der Waals surface area contributed by atoms with Gasteiger partial charge in [0.2, 0.25) is 0 Å². The van der Waals surface area contributed by atoms with E-state index in [2.05, 4.69) is 27.3 Å². The standard InChI is InChI=1S/C13H15BrN2O/c1-9(7-15)17-13-10(3-2-4-12(13)14)8-16-11-5-6-11/h2-4,9,11,16H,5-6,8H2,1H3. The lowest BCUT2D eigenvalue weighted by Gasteiger charge is -2.15. The molecule has 0 aliphatic heterocycles. The number of rotatable bonds is 5. The van der Waals surface area contributed by atoms with E-state index in [0.717, 1.165) is 22.3 Å². The number of hydrogen-bond acceptors (Lipinski definition) is 3. The van der Waals surface area contributed by atoms with E-state index < -0.39 is 6.10 Å². The molecule has 17 heavy (non-hydrogen) atoms. The van der Waals surface area contributed by atoms with Gasteiger partial charge in [-0.3, -0.25) is 0 Å². The van der Waals surface area contributed by atoms with Crippen LogP contribution < -0.4 is 10.1 Å². The molecule has 0 saturated heterocycles. The minimum atomic E-state index is -0.437. The molecule has 1 aliphatic carbocycles. The number of hydrogen-bond donors (Lipinski definition) is 1. The molecule has 1 aromatic rings. The molecule has 0 heterocycles. The number of nitrogens with zero attached hydrogens (tertiary/aromatic N) is 1. The van der Waals surface area contributed by atoms with Gasteiger partial charge in [0, 0.05) is 18.2 Å². The van der Waals surface area contributed by atoms with Crippen molar-refractivity contribution >= 4 is 15.9 Å². The number of halogens is 1. The molecule has 3 nitrogen and oxygen atoms in total. The highest BCUT2D eigenvalue weighted by Crippen LogP contribution is 2.30. The molecule has 0 radical (unpaired) electrons. The van der Waals surface area contributed by atoms with Crippen molar-refractivity contribution in [2.45, 2.75) is 38.5 Å². The Kier molecular flexibility index (Phi) is 4.03. The van der Waals surface area contributed by atoms with Crippen molar-refractivity contribution in [3.8, 4) is 11.8 Å². The van der Waals surface area contributed by atoms with E-state index in [1.54, 1.807) is 6.92 Å². The zero-order valence-electron chi connectivity index (χ0n) is 9.74. The van der Waals surface area contributed by atoms with Gasteiger partial charge in [0.25, 0.3) is 0 Å². The molecule has 2 rings (SSSR count). The Balaban J connectivity index is 2.11. The molecular formula is C13H15BrN2O. The van der Waals surface area contributed by atoms with Gasteiger partial charge in [-0.05, 0) is 41.8 Å². The molecule has 1 fully saturated rings. The predicted molar refractivity (Wildman–Crippen MR) is 69.7 cm³/mol. The topological polar surface area (TPSA) is 45.0 Å². The molecule has 1 unspecified atom stereocenters. The normalized spacial score (nSPS) is 16.3. The van der Waals surface area contributed by atoms with Crippen LogP contribution in [0.25, 0.3) is 0 Å². The average molecular weight is 295 g/mol. The summed E-state index contributed by atoms with van der Waals surface area (Å²) in [6.45, 7) is 2.54. The summed E-state index contributed by atoms with van der Waals surface area (Å²) in [5.41, 5.74) is 1.09. The SMILES string of the molecule is CC(C#N)Oc1c(Br)cccc1CNC1CC1. The fraction of sp³-hybridized carbons (Fsp3) is 0.462. The molecule has 0 bridgehead atoms. The van der Waals surface area contributed by atoms with Gasteiger partial charge in [-0.15, -0.1) is 0 Å². The van der Waals surface area contributed by atoms with Crippen LogP contribution in [0.5, 0.6) is 5.75 Å². The number of benzene rings is 1. The van der Waals surface area contributed by atoms with Crippen LogP contribution >= 0.6 is 15.9 Å². The molecule has 90 valence electrons. The lowest BCUT2D eigenvalue weighted by Crippen LogP contribution is -2.17. The lowest BCUT2D eigenvalue weighted by atomic mass is 10.2. The van der Waals surface area contributed by atoms with Gasteiger partial charge in [0.05, 0.1) is 4.47 Å². The number of para-hydroxylation sites is 1. The molecule has 1 aliphatic rings. The van der Waals surface area contributed by atoms with Gasteiger partial charge in [0.15, 0.2) is 6.10 Å². The summed E-state index contributed by atoms with van der Waals surface area (Å²) in [5.74, 6) is 0.773. The molecule has 0 aromatic heterocycles. The van der Waals surface area contributed by atoms with Crippen LogP contribution in [-0.2, 0) is 6.54 Å². The summed E-state index contributed by atoms with van der Waals surface area (Å²) in [5, 5.41) is 12.2. The van der Waals surface area contributed by atoms with Gasteiger partial charge in [-0.1, -0.05) is 12.1 Å². The van der Waals surface area contributed by atoms with Crippen molar-refractivity contribution in [1.29, 1.82) is 5.26 Å². The summed E-state index contributed by atoms with van der Waals surface area (Å²) in [6, 6.07) is 8.69. The van der Waals surface area contributed by atoms with E-state index in [9.17, 15) is 0 Å². The van der Waals surface area contributed by atoms with E-state index in [1.807, 2.05) is 18.2 Å². The molecular weight excluding hydrogens is 280 g/mol. The van der Waals surface area contributed by atoms with E-state index in [4.69, 9.17) is 10.00 Å². The maximum absolute atomic E-state index is 8.80. The van der Waals surface area contributed by atoms with Gasteiger partial charge in [0.1, 0.15) is 11.8 Å². The van der Waals surface area contributed by atoms with Crippen LogP contribution in [0.2, 0.25) is 0 Å². The summed E-state index contributed by atoms with van der Waals surface area (Å²) >= 11 is 3.47. The Morgan fingerprint density at radius 1 is 1.59 bits per heavy atom. The fourth-order valence-electron chi connectivity index (χ4n) is 1.57. The highest BCUT2D eigenvalue weighted by atomic mass is 79.9. The van der Waals surface area contributed by atoms with Gasteiger partial charge in [-0.2, -0.15) is 5.26 Å². The first-order valence-electron chi connectivity index (χ1n) is 5.77. The maximum atomic E-state index is 8.80. The molecule has 1 N–H and O–H groups in total. The van der Waals surface area contributed by atoms with E-state index in [1.165, 1.54) is 12.8 Å². The smallest absolute Gasteiger partial charge is 0.181 e. The zero-order valence-corrected chi connectivity index (χ0v) is 11.3. The molecule has 4 heteroatoms. The number of nitriles is 1. The molecule has 1 atom stereocenters. The minimum Gasteiger partial charge on any atom is -0.474 e. The van der Waals surface area contributed by atoms with Gasteiger partial charge in [-0.25, -0.2) is 0 Å². The second kappa shape index (κ2) is 5.52. The van der Waals surface area contributed by atoms with Crippen LogP contribution in [0.4, 0.5) is 0 Å². The number of ether oxygens (including phenoxy) is 1. The van der Waals surface area contributed by atoms with Crippen LogP contribution in [0.3, 0.4) is 0 Å². The first kappa shape index (κ1) is 12.4. The maximum Gasteiger partial charge on any atom is 0.181 e. The van der Waals surface area contributed by atoms with Gasteiger partial charge < -0.3 is 10.1 Å². The summed E-state index contributed by atoms with van der Waals surface area (Å²) in [4.78, 5) is 0. The fourth-order valence-corrected chi connectivity index (χ4v) is 2.07. The third kappa shape index (κ3) is 3.45. The molecule has 0 amide bonds. The predicted octanol–water partition coefficient (Wildman–Crippen LogP) is 2.99. The van der Waals surface area contributed by atoms with Crippen molar-refractivity contribution in [1.82, 2.24) is 5.32 Å². The van der Waals surface area contributed by atoms with Crippen molar-refractivity contribution in [3.63, 3.8) is 0 Å². The lowest BCUT2D eigenvalue weighted by molar-refractivity contribution is 0.271. The first-order valence-corrected chi connectivity index (χ1v) is 6.57. The van der Waals surface area contributed by atoms with Crippen molar-refractivity contribution in [2.24, 2.45) is 0 Å². The van der Waals surface area contributed by atoms with Crippen molar-refractivity contribution < 1.29 is 4.74 Å². The van der Waals surface area contributed by atoms with Crippen molar-refractivity contribution in [3.05, 3.63) is 28.2 Å². The van der Waals surface area contributed by atoms with Crippen LogP contribution in [0, 0.1) is 11.3 Å². The second-order valence-electron chi connectivity index (χ2n) is 4.27. The quantitative estimate of drug-likeness (QED) is 0.908. The third-order valence-corrected chi connectivity index (χ3v) is 3.31. The van der Waals surface area contributed by atoms with E-state index in [-0.39, 0.29) is 0 Å². The Hall–Kier alpha value is -1.05. The Bertz CT molecular complexity index is 438. The summed E-state index contributed by atoms with van der Waals surface area (Å²) in [7, 11) is 0. The van der Waals surface area contributed by atoms with E-state index in [0.29, 0.717) is 6.04 Å². The molecule has 0 spiro atoms. The van der Waals surface area contributed by atoms with E-state index >= 15 is 0 Å². The highest BCUT2D eigenvalue weighted by molar-refractivity contribution is 9.10. The highest BCUT2D eigenvalue weighted by Gasteiger charge is 2.21. The zero-order chi connectivity index (χ0) is 12.3.